The lowest BCUT2D eigenvalue weighted by molar-refractivity contribution is -0.0332. The van der Waals surface area contributed by atoms with Gasteiger partial charge in [0.15, 0.2) is 24.3 Å². The van der Waals surface area contributed by atoms with E-state index in [1.807, 2.05) is 0 Å². The van der Waals surface area contributed by atoms with E-state index in [9.17, 15) is 21.6 Å². The molecular formula is C23H29NO7S2. The number of sulfone groups is 2. The molecule has 2 aromatic rings. The second kappa shape index (κ2) is 9.82. The van der Waals surface area contributed by atoms with Gasteiger partial charge in [0.2, 0.25) is 0 Å². The van der Waals surface area contributed by atoms with Gasteiger partial charge in [0.1, 0.15) is 5.60 Å². The van der Waals surface area contributed by atoms with Crippen molar-refractivity contribution in [2.24, 2.45) is 0 Å². The summed E-state index contributed by atoms with van der Waals surface area (Å²) in [4.78, 5) is 14.0. The number of morpholine rings is 1. The summed E-state index contributed by atoms with van der Waals surface area (Å²) in [6.45, 7) is 5.60. The first-order chi connectivity index (χ1) is 15.4. The van der Waals surface area contributed by atoms with Gasteiger partial charge in [0, 0.05) is 13.0 Å². The molecule has 0 saturated carbocycles. The number of carbonyl (C=O) groups excluding carboxylic acids is 1. The van der Waals surface area contributed by atoms with E-state index in [0.29, 0.717) is 0 Å². The molecule has 0 spiro atoms. The van der Waals surface area contributed by atoms with Gasteiger partial charge in [-0.15, -0.1) is 0 Å². The number of ether oxygens (including phenoxy) is 2. The zero-order valence-electron chi connectivity index (χ0n) is 18.9. The van der Waals surface area contributed by atoms with E-state index in [4.69, 9.17) is 9.47 Å². The van der Waals surface area contributed by atoms with E-state index >= 15 is 0 Å². The molecule has 1 aliphatic heterocycles. The average Bonchev–Trinajstić information content (AvgIpc) is 2.77. The summed E-state index contributed by atoms with van der Waals surface area (Å²) in [6, 6.07) is 14.1. The minimum Gasteiger partial charge on any atom is -0.444 e. The second-order valence-corrected chi connectivity index (χ2v) is 13.3. The molecule has 8 nitrogen and oxygen atoms in total. The zero-order chi connectivity index (χ0) is 24.3. The SMILES string of the molecule is CC(C)(C)OC(=O)N1CCOCC1CC(S(=O)(=O)c1ccccc1)S(=O)(=O)c1ccccc1. The standard InChI is InChI=1S/C23H29NO7S2/c1-23(2,3)31-22(25)24-14-15-30-17-18(24)16-21(32(26,27)19-10-6-4-7-11-19)33(28,29)20-12-8-5-9-13-20/h4-13,18,21H,14-17H2,1-3H3. The second-order valence-electron chi connectivity index (χ2n) is 8.78. The van der Waals surface area contributed by atoms with Gasteiger partial charge < -0.3 is 14.4 Å². The Labute approximate surface area is 195 Å². The van der Waals surface area contributed by atoms with E-state index in [1.165, 1.54) is 53.4 Å². The molecule has 180 valence electrons. The Kier molecular flexibility index (Phi) is 7.50. The maximum atomic E-state index is 13.6. The molecule has 0 N–H and O–H groups in total. The maximum Gasteiger partial charge on any atom is 0.410 e. The quantitative estimate of drug-likeness (QED) is 0.605. The topological polar surface area (TPSA) is 107 Å². The Morgan fingerprint density at radius 1 is 0.970 bits per heavy atom. The third kappa shape index (κ3) is 5.93. The first-order valence-corrected chi connectivity index (χ1v) is 13.7. The summed E-state index contributed by atoms with van der Waals surface area (Å²) in [6.07, 6.45) is -0.989. The monoisotopic (exact) mass is 495 g/mol. The molecule has 0 radical (unpaired) electrons. The van der Waals surface area contributed by atoms with Crippen LogP contribution < -0.4 is 0 Å². The van der Waals surface area contributed by atoms with Crippen LogP contribution in [0.2, 0.25) is 0 Å². The normalized spacial score (nSPS) is 17.7. The minimum atomic E-state index is -4.31. The summed E-state index contributed by atoms with van der Waals surface area (Å²) in [5.74, 6) is 0. The Morgan fingerprint density at radius 3 is 1.91 bits per heavy atom. The number of benzene rings is 2. The van der Waals surface area contributed by atoms with Crippen LogP contribution in [0.5, 0.6) is 0 Å². The summed E-state index contributed by atoms with van der Waals surface area (Å²) in [7, 11) is -8.63. The molecule has 0 aromatic heterocycles. The lowest BCUT2D eigenvalue weighted by Gasteiger charge is -2.37. The van der Waals surface area contributed by atoms with E-state index in [-0.39, 0.29) is 36.0 Å². The van der Waals surface area contributed by atoms with Gasteiger partial charge in [-0.3, -0.25) is 0 Å². The molecule has 1 aliphatic rings. The Morgan fingerprint density at radius 2 is 1.45 bits per heavy atom. The van der Waals surface area contributed by atoms with Crippen LogP contribution in [0.1, 0.15) is 27.2 Å². The highest BCUT2D eigenvalue weighted by Crippen LogP contribution is 2.31. The van der Waals surface area contributed by atoms with E-state index in [1.54, 1.807) is 32.9 Å². The van der Waals surface area contributed by atoms with Gasteiger partial charge in [-0.25, -0.2) is 21.6 Å². The lowest BCUT2D eigenvalue weighted by Crippen LogP contribution is -2.52. The zero-order valence-corrected chi connectivity index (χ0v) is 20.5. The molecule has 0 aliphatic carbocycles. The smallest absolute Gasteiger partial charge is 0.410 e. The van der Waals surface area contributed by atoms with Crippen molar-refractivity contribution in [1.82, 2.24) is 4.90 Å². The van der Waals surface area contributed by atoms with E-state index < -0.39 is 42.0 Å². The minimum absolute atomic E-state index is 0.00433. The van der Waals surface area contributed by atoms with Crippen molar-refractivity contribution < 1.29 is 31.1 Å². The van der Waals surface area contributed by atoms with Crippen molar-refractivity contribution in [1.29, 1.82) is 0 Å². The van der Waals surface area contributed by atoms with Gasteiger partial charge in [-0.2, -0.15) is 0 Å². The van der Waals surface area contributed by atoms with Crippen LogP contribution in [0, 0.1) is 0 Å². The Balaban J connectivity index is 2.03. The van der Waals surface area contributed by atoms with Crippen molar-refractivity contribution in [3.8, 4) is 0 Å². The molecular weight excluding hydrogens is 466 g/mol. The van der Waals surface area contributed by atoms with E-state index in [2.05, 4.69) is 0 Å². The number of nitrogens with zero attached hydrogens (tertiary/aromatic N) is 1. The van der Waals surface area contributed by atoms with Gasteiger partial charge in [0.05, 0.1) is 29.0 Å². The molecule has 1 atom stereocenters. The van der Waals surface area contributed by atoms with Crippen molar-refractivity contribution in [2.75, 3.05) is 19.8 Å². The fraction of sp³-hybridized carbons (Fsp3) is 0.435. The Bertz CT molecular complexity index is 1090. The number of hydrogen-bond donors (Lipinski definition) is 0. The third-order valence-electron chi connectivity index (χ3n) is 5.16. The molecule has 1 saturated heterocycles. The predicted octanol–water partition coefficient (Wildman–Crippen LogP) is 3.29. The lowest BCUT2D eigenvalue weighted by atomic mass is 10.2. The van der Waals surface area contributed by atoms with Crippen molar-refractivity contribution in [3.63, 3.8) is 0 Å². The van der Waals surface area contributed by atoms with Crippen molar-refractivity contribution in [2.45, 2.75) is 53.2 Å². The molecule has 1 fully saturated rings. The molecule has 2 aromatic carbocycles. The van der Waals surface area contributed by atoms with Crippen LogP contribution in [-0.4, -0.2) is 63.8 Å². The highest BCUT2D eigenvalue weighted by Gasteiger charge is 2.44. The predicted molar refractivity (Wildman–Crippen MR) is 123 cm³/mol. The van der Waals surface area contributed by atoms with Crippen LogP contribution >= 0.6 is 0 Å². The molecule has 1 heterocycles. The highest BCUT2D eigenvalue weighted by atomic mass is 32.3. The van der Waals surface area contributed by atoms with Gasteiger partial charge in [-0.1, -0.05) is 36.4 Å². The first-order valence-electron chi connectivity index (χ1n) is 10.6. The third-order valence-corrected chi connectivity index (χ3v) is 10.3. The maximum absolute atomic E-state index is 13.6. The number of rotatable bonds is 6. The molecule has 0 bridgehead atoms. The summed E-state index contributed by atoms with van der Waals surface area (Å²) < 4.78 is 63.4. The van der Waals surface area contributed by atoms with Gasteiger partial charge in [-0.05, 0) is 45.0 Å². The number of hydrogen-bond acceptors (Lipinski definition) is 7. The van der Waals surface area contributed by atoms with Crippen LogP contribution in [0.15, 0.2) is 70.5 Å². The highest BCUT2D eigenvalue weighted by molar-refractivity contribution is 8.09. The fourth-order valence-corrected chi connectivity index (χ4v) is 8.21. The molecule has 1 amide bonds. The summed E-state index contributed by atoms with van der Waals surface area (Å²) >= 11 is 0. The van der Waals surface area contributed by atoms with Crippen molar-refractivity contribution in [3.05, 3.63) is 60.7 Å². The van der Waals surface area contributed by atoms with Gasteiger partial charge >= 0.3 is 6.09 Å². The largest absolute Gasteiger partial charge is 0.444 e. The molecule has 33 heavy (non-hydrogen) atoms. The Hall–Kier alpha value is -2.43. The van der Waals surface area contributed by atoms with Crippen LogP contribution in [-0.2, 0) is 29.1 Å². The van der Waals surface area contributed by atoms with Gasteiger partial charge in [0.25, 0.3) is 0 Å². The van der Waals surface area contributed by atoms with Crippen LogP contribution in [0.25, 0.3) is 0 Å². The fourth-order valence-electron chi connectivity index (χ4n) is 3.58. The van der Waals surface area contributed by atoms with Crippen LogP contribution in [0.4, 0.5) is 4.79 Å². The molecule has 1 unspecified atom stereocenters. The molecule has 3 rings (SSSR count). The van der Waals surface area contributed by atoms with Crippen LogP contribution in [0.3, 0.4) is 0 Å². The average molecular weight is 496 g/mol. The summed E-state index contributed by atoms with van der Waals surface area (Å²) in [5.41, 5.74) is -0.758. The van der Waals surface area contributed by atoms with E-state index in [0.717, 1.165) is 0 Å². The molecule has 10 heteroatoms. The number of amides is 1. The first kappa shape index (κ1) is 25.2. The number of carbonyl (C=O) groups is 1. The van der Waals surface area contributed by atoms with Crippen molar-refractivity contribution >= 4 is 25.8 Å². The summed E-state index contributed by atoms with van der Waals surface area (Å²) in [5, 5.41) is 0.